The third-order valence-corrected chi connectivity index (χ3v) is 4.92. The van der Waals surface area contributed by atoms with E-state index in [1.54, 1.807) is 18.2 Å². The average Bonchev–Trinajstić information content (AvgIpc) is 3.27. The lowest BCUT2D eigenvalue weighted by Gasteiger charge is -2.24. The first-order valence-corrected chi connectivity index (χ1v) is 10.0. The quantitative estimate of drug-likeness (QED) is 0.526. The molecule has 0 unspecified atom stereocenters. The lowest BCUT2D eigenvalue weighted by atomic mass is 10.1. The minimum atomic E-state index is -0.467. The van der Waals surface area contributed by atoms with Gasteiger partial charge in [-0.1, -0.05) is 49.4 Å². The molecule has 0 fully saturated rings. The molecule has 0 spiro atoms. The topological polar surface area (TPSA) is 90.1 Å². The number of aromatic amines is 1. The maximum atomic E-state index is 12.3. The van der Waals surface area contributed by atoms with E-state index in [1.807, 2.05) is 42.5 Å². The van der Waals surface area contributed by atoms with E-state index in [9.17, 15) is 9.59 Å². The molecule has 0 atom stereocenters. The zero-order valence-corrected chi connectivity index (χ0v) is 17.5. The van der Waals surface area contributed by atoms with E-state index in [2.05, 4.69) is 46.7 Å². The van der Waals surface area contributed by atoms with E-state index in [0.717, 1.165) is 24.2 Å². The molecule has 0 aliphatic rings. The van der Waals surface area contributed by atoms with Crippen molar-refractivity contribution in [2.45, 2.75) is 33.4 Å². The van der Waals surface area contributed by atoms with E-state index >= 15 is 0 Å². The summed E-state index contributed by atoms with van der Waals surface area (Å²) < 4.78 is 0. The number of amides is 2. The summed E-state index contributed by atoms with van der Waals surface area (Å²) in [5, 5.41) is 6.83. The predicted molar refractivity (Wildman–Crippen MR) is 117 cm³/mol. The van der Waals surface area contributed by atoms with Gasteiger partial charge in [0.05, 0.1) is 5.69 Å². The highest BCUT2D eigenvalue weighted by atomic mass is 16.2. The lowest BCUT2D eigenvalue weighted by molar-refractivity contribution is 0.0844. The van der Waals surface area contributed by atoms with Crippen LogP contribution in [0.25, 0.3) is 11.3 Å². The highest BCUT2D eigenvalue weighted by molar-refractivity contribution is 5.98. The monoisotopic (exact) mass is 405 g/mol. The molecule has 3 aromatic rings. The van der Waals surface area contributed by atoms with Crippen LogP contribution < -0.4 is 10.9 Å². The molecular formula is C23H27N5O2. The van der Waals surface area contributed by atoms with Crippen LogP contribution in [0.3, 0.4) is 0 Å². The zero-order chi connectivity index (χ0) is 21.5. The van der Waals surface area contributed by atoms with Crippen LogP contribution in [-0.2, 0) is 6.54 Å². The second-order valence-electron chi connectivity index (χ2n) is 7.29. The fraction of sp³-hybridized carbons (Fsp3) is 0.261. The molecule has 1 heterocycles. The minimum absolute atomic E-state index is 0.262. The van der Waals surface area contributed by atoms with Gasteiger partial charge < -0.3 is 0 Å². The first kappa shape index (κ1) is 21.3. The maximum Gasteiger partial charge on any atom is 0.287 e. The number of carbonyl (C=O) groups is 2. The van der Waals surface area contributed by atoms with Crippen molar-refractivity contribution in [3.05, 3.63) is 77.5 Å². The smallest absolute Gasteiger partial charge is 0.287 e. The molecule has 0 radical (unpaired) electrons. The van der Waals surface area contributed by atoms with Crippen molar-refractivity contribution in [1.82, 2.24) is 25.9 Å². The molecule has 2 aromatic carbocycles. The molecule has 7 nitrogen and oxygen atoms in total. The molecule has 7 heteroatoms. The summed E-state index contributed by atoms with van der Waals surface area (Å²) in [4.78, 5) is 27.0. The van der Waals surface area contributed by atoms with Gasteiger partial charge in [-0.15, -0.1) is 0 Å². The zero-order valence-electron chi connectivity index (χ0n) is 17.5. The first-order valence-electron chi connectivity index (χ1n) is 10.0. The number of hydrazine groups is 1. The van der Waals surface area contributed by atoms with E-state index in [-0.39, 0.29) is 11.6 Å². The molecule has 0 aliphatic heterocycles. The SMILES string of the molecule is CCN(Cc1ccc(C(=O)NNC(=O)c2cc(-c3ccccc3)n[nH]2)cc1)C(C)C. The van der Waals surface area contributed by atoms with Gasteiger partial charge in [0.2, 0.25) is 0 Å². The number of carbonyl (C=O) groups excluding carboxylic acids is 2. The Balaban J connectivity index is 1.55. The molecular weight excluding hydrogens is 378 g/mol. The third kappa shape index (κ3) is 5.33. The van der Waals surface area contributed by atoms with E-state index in [0.29, 0.717) is 17.3 Å². The lowest BCUT2D eigenvalue weighted by Crippen LogP contribution is -2.41. The van der Waals surface area contributed by atoms with Crippen LogP contribution >= 0.6 is 0 Å². The second-order valence-corrected chi connectivity index (χ2v) is 7.29. The Morgan fingerprint density at radius 3 is 2.30 bits per heavy atom. The van der Waals surface area contributed by atoms with Crippen LogP contribution in [0.2, 0.25) is 0 Å². The van der Waals surface area contributed by atoms with Crippen LogP contribution in [0.5, 0.6) is 0 Å². The maximum absolute atomic E-state index is 12.3. The number of rotatable bonds is 7. The molecule has 3 N–H and O–H groups in total. The second kappa shape index (κ2) is 9.84. The number of nitrogens with one attached hydrogen (secondary N) is 3. The Morgan fingerprint density at radius 1 is 1.00 bits per heavy atom. The Hall–Kier alpha value is -3.45. The molecule has 0 saturated heterocycles. The van der Waals surface area contributed by atoms with Gasteiger partial charge in [-0.05, 0) is 44.2 Å². The number of hydrogen-bond donors (Lipinski definition) is 3. The van der Waals surface area contributed by atoms with Gasteiger partial charge in [-0.3, -0.25) is 30.4 Å². The van der Waals surface area contributed by atoms with Crippen molar-refractivity contribution in [3.63, 3.8) is 0 Å². The van der Waals surface area contributed by atoms with E-state index in [4.69, 9.17) is 0 Å². The summed E-state index contributed by atoms with van der Waals surface area (Å²) in [6, 6.07) is 19.0. The number of H-pyrrole nitrogens is 1. The van der Waals surface area contributed by atoms with Gasteiger partial charge in [0, 0.05) is 23.7 Å². The fourth-order valence-electron chi connectivity index (χ4n) is 3.10. The van der Waals surface area contributed by atoms with Gasteiger partial charge in [0.1, 0.15) is 5.69 Å². The number of aromatic nitrogens is 2. The minimum Gasteiger partial charge on any atom is -0.297 e. The summed E-state index contributed by atoms with van der Waals surface area (Å²) in [5.41, 5.74) is 8.28. The molecule has 3 rings (SSSR count). The highest BCUT2D eigenvalue weighted by Crippen LogP contribution is 2.16. The molecule has 156 valence electrons. The largest absolute Gasteiger partial charge is 0.297 e. The number of nitrogens with zero attached hydrogens (tertiary/aromatic N) is 2. The van der Waals surface area contributed by atoms with Gasteiger partial charge in [0.25, 0.3) is 11.8 Å². The van der Waals surface area contributed by atoms with Crippen molar-refractivity contribution in [2.24, 2.45) is 0 Å². The standard InChI is InChI=1S/C23H27N5O2/c1-4-28(16(2)3)15-17-10-12-19(13-11-17)22(29)26-27-23(30)21-14-20(24-25-21)18-8-6-5-7-9-18/h5-14,16H,4,15H2,1-3H3,(H,24,25)(H,26,29)(H,27,30). The summed E-state index contributed by atoms with van der Waals surface area (Å²) >= 11 is 0. The molecule has 1 aromatic heterocycles. The highest BCUT2D eigenvalue weighted by Gasteiger charge is 2.13. The summed E-state index contributed by atoms with van der Waals surface area (Å²) in [7, 11) is 0. The Morgan fingerprint density at radius 2 is 1.67 bits per heavy atom. The Kier molecular flexibility index (Phi) is 6.98. The average molecular weight is 406 g/mol. The van der Waals surface area contributed by atoms with E-state index < -0.39 is 5.91 Å². The van der Waals surface area contributed by atoms with Crippen molar-refractivity contribution < 1.29 is 9.59 Å². The molecule has 30 heavy (non-hydrogen) atoms. The van der Waals surface area contributed by atoms with Crippen molar-refractivity contribution >= 4 is 11.8 Å². The summed E-state index contributed by atoms with van der Waals surface area (Å²) in [6.45, 7) is 8.25. The summed E-state index contributed by atoms with van der Waals surface area (Å²) in [5.74, 6) is -0.848. The summed E-state index contributed by atoms with van der Waals surface area (Å²) in [6.07, 6.45) is 0. The van der Waals surface area contributed by atoms with Crippen LogP contribution in [0.15, 0.2) is 60.7 Å². The van der Waals surface area contributed by atoms with Crippen LogP contribution in [0.1, 0.15) is 47.2 Å². The molecule has 0 aliphatic carbocycles. The number of benzene rings is 2. The normalized spacial score (nSPS) is 11.0. The van der Waals surface area contributed by atoms with Crippen molar-refractivity contribution in [2.75, 3.05) is 6.54 Å². The van der Waals surface area contributed by atoms with Gasteiger partial charge in [0.15, 0.2) is 0 Å². The van der Waals surface area contributed by atoms with Crippen LogP contribution in [0, 0.1) is 0 Å². The third-order valence-electron chi connectivity index (χ3n) is 4.92. The van der Waals surface area contributed by atoms with Crippen molar-refractivity contribution in [1.29, 1.82) is 0 Å². The predicted octanol–water partition coefficient (Wildman–Crippen LogP) is 3.38. The van der Waals surface area contributed by atoms with Gasteiger partial charge >= 0.3 is 0 Å². The number of hydrogen-bond acceptors (Lipinski definition) is 4. The Labute approximate surface area is 176 Å². The van der Waals surface area contributed by atoms with Crippen LogP contribution in [-0.4, -0.2) is 39.5 Å². The fourth-order valence-corrected chi connectivity index (χ4v) is 3.10. The van der Waals surface area contributed by atoms with Crippen molar-refractivity contribution in [3.8, 4) is 11.3 Å². The molecule has 0 saturated carbocycles. The molecule has 0 bridgehead atoms. The van der Waals surface area contributed by atoms with E-state index in [1.165, 1.54) is 0 Å². The Bertz CT molecular complexity index is 980. The first-order chi connectivity index (χ1) is 14.5. The van der Waals surface area contributed by atoms with Gasteiger partial charge in [-0.2, -0.15) is 5.10 Å². The molecule has 2 amide bonds. The van der Waals surface area contributed by atoms with Gasteiger partial charge in [-0.25, -0.2) is 0 Å². The van der Waals surface area contributed by atoms with Crippen LogP contribution in [0.4, 0.5) is 0 Å².